The van der Waals surface area contributed by atoms with Crippen LogP contribution in [0.2, 0.25) is 0 Å². The van der Waals surface area contributed by atoms with Crippen molar-refractivity contribution in [3.8, 4) is 0 Å². The number of carbonyl (C=O) groups excluding carboxylic acids is 2. The molecular formula is C27H31N3O3. The lowest BCUT2D eigenvalue weighted by atomic mass is 9.93. The third-order valence-corrected chi connectivity index (χ3v) is 6.27. The molecule has 0 unspecified atom stereocenters. The highest BCUT2D eigenvalue weighted by molar-refractivity contribution is 5.94. The second-order valence-electron chi connectivity index (χ2n) is 8.94. The van der Waals surface area contributed by atoms with E-state index in [0.717, 1.165) is 36.8 Å². The van der Waals surface area contributed by atoms with Crippen LogP contribution in [-0.2, 0) is 13.1 Å². The molecule has 1 aliphatic rings. The maximum atomic E-state index is 13.4. The van der Waals surface area contributed by atoms with Crippen molar-refractivity contribution in [1.29, 1.82) is 0 Å². The van der Waals surface area contributed by atoms with Crippen molar-refractivity contribution >= 4 is 11.8 Å². The van der Waals surface area contributed by atoms with E-state index >= 15 is 0 Å². The fourth-order valence-corrected chi connectivity index (χ4v) is 4.26. The molecular weight excluding hydrogens is 414 g/mol. The van der Waals surface area contributed by atoms with E-state index in [9.17, 15) is 9.59 Å². The van der Waals surface area contributed by atoms with Crippen molar-refractivity contribution in [3.63, 3.8) is 0 Å². The molecule has 2 amide bonds. The summed E-state index contributed by atoms with van der Waals surface area (Å²) >= 11 is 0. The summed E-state index contributed by atoms with van der Waals surface area (Å²) < 4.78 is 5.48. The van der Waals surface area contributed by atoms with Gasteiger partial charge in [0.15, 0.2) is 11.5 Å². The van der Waals surface area contributed by atoms with E-state index in [-0.39, 0.29) is 23.6 Å². The highest BCUT2D eigenvalue weighted by atomic mass is 16.5. The van der Waals surface area contributed by atoms with Crippen LogP contribution >= 0.6 is 0 Å². The Morgan fingerprint density at radius 2 is 1.61 bits per heavy atom. The zero-order valence-electron chi connectivity index (χ0n) is 19.3. The van der Waals surface area contributed by atoms with Crippen LogP contribution in [0.15, 0.2) is 59.1 Å². The number of nitrogens with one attached hydrogen (secondary N) is 1. The Kier molecular flexibility index (Phi) is 7.23. The van der Waals surface area contributed by atoms with Gasteiger partial charge in [0.1, 0.15) is 0 Å². The van der Waals surface area contributed by atoms with Gasteiger partial charge in [-0.15, -0.1) is 0 Å². The Morgan fingerprint density at radius 1 is 0.970 bits per heavy atom. The Balaban J connectivity index is 1.45. The lowest BCUT2D eigenvalue weighted by Crippen LogP contribution is -2.40. The topological polar surface area (TPSA) is 75.4 Å². The third kappa shape index (κ3) is 5.89. The molecule has 1 N–H and O–H groups in total. The van der Waals surface area contributed by atoms with Crippen molar-refractivity contribution in [2.24, 2.45) is 0 Å². The van der Waals surface area contributed by atoms with Gasteiger partial charge in [0, 0.05) is 24.2 Å². The molecule has 0 bridgehead atoms. The molecule has 6 heteroatoms. The average Bonchev–Trinajstić information content (AvgIpc) is 3.31. The molecule has 1 heterocycles. The van der Waals surface area contributed by atoms with Gasteiger partial charge in [-0.2, -0.15) is 0 Å². The van der Waals surface area contributed by atoms with E-state index in [0.29, 0.717) is 24.4 Å². The molecule has 6 nitrogen and oxygen atoms in total. The van der Waals surface area contributed by atoms with Gasteiger partial charge < -0.3 is 14.7 Å². The van der Waals surface area contributed by atoms with Crippen LogP contribution in [0.1, 0.15) is 75.4 Å². The van der Waals surface area contributed by atoms with Crippen LogP contribution in [0.3, 0.4) is 0 Å². The first-order chi connectivity index (χ1) is 16.0. The van der Waals surface area contributed by atoms with E-state index in [1.807, 2.05) is 67.3 Å². The predicted octanol–water partition coefficient (Wildman–Crippen LogP) is 5.20. The van der Waals surface area contributed by atoms with Gasteiger partial charge in [0.05, 0.1) is 6.54 Å². The quantitative estimate of drug-likeness (QED) is 0.543. The molecule has 0 saturated heterocycles. The zero-order chi connectivity index (χ0) is 23.2. The zero-order valence-corrected chi connectivity index (χ0v) is 19.3. The molecule has 172 valence electrons. The summed E-state index contributed by atoms with van der Waals surface area (Å²) in [4.78, 5) is 27.8. The summed E-state index contributed by atoms with van der Waals surface area (Å²) in [5, 5.41) is 6.84. The molecule has 1 saturated carbocycles. The number of hydrogen-bond donors (Lipinski definition) is 1. The Bertz CT molecular complexity index is 1080. The van der Waals surface area contributed by atoms with Gasteiger partial charge in [0.2, 0.25) is 0 Å². The number of amides is 2. The molecule has 0 atom stereocenters. The van der Waals surface area contributed by atoms with Gasteiger partial charge in [-0.25, -0.2) is 0 Å². The summed E-state index contributed by atoms with van der Waals surface area (Å²) in [5.41, 5.74) is 4.20. The molecule has 33 heavy (non-hydrogen) atoms. The number of carbonyl (C=O) groups is 2. The molecule has 3 aromatic rings. The van der Waals surface area contributed by atoms with Crippen molar-refractivity contribution in [2.45, 2.75) is 65.1 Å². The number of aryl methyl sites for hydroxylation is 2. The van der Waals surface area contributed by atoms with Crippen molar-refractivity contribution in [1.82, 2.24) is 15.4 Å². The molecule has 4 rings (SSSR count). The van der Waals surface area contributed by atoms with Crippen LogP contribution in [0.25, 0.3) is 0 Å². The molecule has 0 aliphatic heterocycles. The predicted molar refractivity (Wildman–Crippen MR) is 127 cm³/mol. The van der Waals surface area contributed by atoms with Crippen LogP contribution in [-0.4, -0.2) is 27.9 Å². The van der Waals surface area contributed by atoms with E-state index in [1.165, 1.54) is 12.0 Å². The van der Waals surface area contributed by atoms with E-state index in [4.69, 9.17) is 4.52 Å². The normalized spacial score (nSPS) is 14.1. The first-order valence-corrected chi connectivity index (χ1v) is 11.7. The van der Waals surface area contributed by atoms with Crippen LogP contribution in [0.4, 0.5) is 0 Å². The smallest absolute Gasteiger partial charge is 0.273 e. The standard InChI is InChI=1S/C27H31N3O3/c1-19-8-12-21(13-9-19)17-28-26(31)25-16-24(33-29-25)18-30(23-6-4-3-5-7-23)27(32)22-14-10-20(2)11-15-22/h8-16,23H,3-7,17-18H2,1-2H3,(H,28,31). The minimum atomic E-state index is -0.292. The van der Waals surface area contributed by atoms with Crippen molar-refractivity contribution < 1.29 is 14.1 Å². The molecule has 1 fully saturated rings. The maximum Gasteiger partial charge on any atom is 0.273 e. The van der Waals surface area contributed by atoms with E-state index in [1.54, 1.807) is 6.07 Å². The SMILES string of the molecule is Cc1ccc(CNC(=O)c2cc(CN(C(=O)c3ccc(C)cc3)C3CCCCC3)on2)cc1. The Labute approximate surface area is 195 Å². The summed E-state index contributed by atoms with van der Waals surface area (Å²) in [6, 6.07) is 17.5. The second kappa shape index (κ2) is 10.5. The van der Waals surface area contributed by atoms with Crippen LogP contribution in [0.5, 0.6) is 0 Å². The summed E-state index contributed by atoms with van der Waals surface area (Å²) in [7, 11) is 0. The molecule has 0 spiro atoms. The van der Waals surface area contributed by atoms with Gasteiger partial charge in [-0.05, 0) is 44.4 Å². The van der Waals surface area contributed by atoms with Gasteiger partial charge in [-0.3, -0.25) is 9.59 Å². The molecule has 1 aliphatic carbocycles. The second-order valence-corrected chi connectivity index (χ2v) is 8.94. The lowest BCUT2D eigenvalue weighted by molar-refractivity contribution is 0.0590. The monoisotopic (exact) mass is 445 g/mol. The summed E-state index contributed by atoms with van der Waals surface area (Å²) in [6.07, 6.45) is 5.40. The van der Waals surface area contributed by atoms with E-state index in [2.05, 4.69) is 10.5 Å². The highest BCUT2D eigenvalue weighted by Gasteiger charge is 2.28. The first-order valence-electron chi connectivity index (χ1n) is 11.7. The average molecular weight is 446 g/mol. The fraction of sp³-hybridized carbons (Fsp3) is 0.370. The number of benzene rings is 2. The first kappa shape index (κ1) is 22.8. The van der Waals surface area contributed by atoms with Gasteiger partial charge >= 0.3 is 0 Å². The summed E-state index contributed by atoms with van der Waals surface area (Å²) in [6.45, 7) is 4.75. The van der Waals surface area contributed by atoms with Crippen LogP contribution in [0, 0.1) is 13.8 Å². The van der Waals surface area contributed by atoms with Gasteiger partial charge in [0.25, 0.3) is 11.8 Å². The molecule has 0 radical (unpaired) electrons. The van der Waals surface area contributed by atoms with Crippen molar-refractivity contribution in [2.75, 3.05) is 0 Å². The highest BCUT2D eigenvalue weighted by Crippen LogP contribution is 2.26. The number of rotatable bonds is 7. The lowest BCUT2D eigenvalue weighted by Gasteiger charge is -2.33. The van der Waals surface area contributed by atoms with E-state index < -0.39 is 0 Å². The van der Waals surface area contributed by atoms with Crippen molar-refractivity contribution in [3.05, 3.63) is 88.3 Å². The molecule has 1 aromatic heterocycles. The Hall–Kier alpha value is -3.41. The molecule has 2 aromatic carbocycles. The summed E-state index contributed by atoms with van der Waals surface area (Å²) in [5.74, 6) is 0.213. The number of nitrogens with zero attached hydrogens (tertiary/aromatic N) is 2. The third-order valence-electron chi connectivity index (χ3n) is 6.27. The number of aromatic nitrogens is 1. The minimum absolute atomic E-state index is 0.0105. The van der Waals surface area contributed by atoms with Crippen LogP contribution < -0.4 is 5.32 Å². The maximum absolute atomic E-state index is 13.4. The van der Waals surface area contributed by atoms with Gasteiger partial charge in [-0.1, -0.05) is 71.9 Å². The Morgan fingerprint density at radius 3 is 2.27 bits per heavy atom. The fourth-order valence-electron chi connectivity index (χ4n) is 4.26. The largest absolute Gasteiger partial charge is 0.359 e. The minimum Gasteiger partial charge on any atom is -0.359 e. The number of hydrogen-bond acceptors (Lipinski definition) is 4.